The Morgan fingerprint density at radius 1 is 1.08 bits per heavy atom. The molecule has 2 N–H and O–H groups in total. The van der Waals surface area contributed by atoms with Crippen molar-refractivity contribution in [1.29, 1.82) is 0 Å². The van der Waals surface area contributed by atoms with Crippen LogP contribution in [-0.2, 0) is 4.79 Å². The van der Waals surface area contributed by atoms with Gasteiger partial charge in [0.25, 0.3) is 5.91 Å². The van der Waals surface area contributed by atoms with E-state index < -0.39 is 0 Å². The molecule has 2 aromatic carbocycles. The summed E-state index contributed by atoms with van der Waals surface area (Å²) < 4.78 is 2.64. The topological polar surface area (TPSA) is 53.5 Å². The maximum Gasteiger partial charge on any atom is 0.259 e. The Labute approximate surface area is 165 Å². The molecule has 0 radical (unpaired) electrons. The van der Waals surface area contributed by atoms with E-state index in [1.165, 1.54) is 6.21 Å². The molecule has 0 aliphatic rings. The number of amides is 1. The normalized spacial score (nSPS) is 11.1. The van der Waals surface area contributed by atoms with E-state index in [1.807, 2.05) is 48.5 Å². The lowest BCUT2D eigenvalue weighted by molar-refractivity contribution is -0.119. The molecule has 124 valence electrons. The molecule has 0 saturated carbocycles. The molecular weight excluding hydrogens is 502 g/mol. The molecule has 2 aromatic rings. The molecule has 2 rings (SSSR count). The molecule has 0 aliphatic carbocycles. The second-order valence-electron chi connectivity index (χ2n) is 4.68. The van der Waals surface area contributed by atoms with Gasteiger partial charge in [0.2, 0.25) is 0 Å². The summed E-state index contributed by atoms with van der Waals surface area (Å²) in [5.41, 5.74) is 4.34. The van der Waals surface area contributed by atoms with Crippen LogP contribution in [0.25, 0.3) is 6.08 Å². The lowest BCUT2D eigenvalue weighted by Gasteiger charge is -2.10. The van der Waals surface area contributed by atoms with Crippen molar-refractivity contribution in [3.05, 3.63) is 67.5 Å². The standard InChI is InChI=1S/C17H14Br3N3O/c18-13-9-14(19)17(15(20)10-13)21-11-16(24)23-22-8-4-7-12-5-2-1-3-6-12/h1-10,21H,11H2,(H,23,24)/b7-4+,22-8+. The summed E-state index contributed by atoms with van der Waals surface area (Å²) in [5.74, 6) is -0.235. The van der Waals surface area contributed by atoms with E-state index in [9.17, 15) is 4.79 Å². The number of rotatable bonds is 6. The van der Waals surface area contributed by atoms with Crippen molar-refractivity contribution in [2.24, 2.45) is 5.10 Å². The van der Waals surface area contributed by atoms with Crippen molar-refractivity contribution < 1.29 is 4.79 Å². The van der Waals surface area contributed by atoms with Crippen molar-refractivity contribution in [3.63, 3.8) is 0 Å². The first kappa shape index (κ1) is 18.9. The van der Waals surface area contributed by atoms with Gasteiger partial charge in [-0.15, -0.1) is 0 Å². The minimum atomic E-state index is -0.235. The zero-order valence-corrected chi connectivity index (χ0v) is 17.2. The smallest absolute Gasteiger partial charge is 0.259 e. The Morgan fingerprint density at radius 3 is 2.42 bits per heavy atom. The molecule has 0 aliphatic heterocycles. The van der Waals surface area contributed by atoms with Crippen LogP contribution >= 0.6 is 47.8 Å². The fraction of sp³-hybridized carbons (Fsp3) is 0.0588. The zero-order valence-electron chi connectivity index (χ0n) is 12.5. The number of hydrazone groups is 1. The van der Waals surface area contributed by atoms with Gasteiger partial charge in [0.15, 0.2) is 0 Å². The first-order valence-electron chi connectivity index (χ1n) is 6.98. The first-order chi connectivity index (χ1) is 11.6. The number of carbonyl (C=O) groups is 1. The summed E-state index contributed by atoms with van der Waals surface area (Å²) in [6.45, 7) is 0.110. The highest BCUT2D eigenvalue weighted by Gasteiger charge is 2.08. The van der Waals surface area contributed by atoms with Crippen LogP contribution in [0.3, 0.4) is 0 Å². The van der Waals surface area contributed by atoms with Crippen LogP contribution in [0.4, 0.5) is 5.69 Å². The summed E-state index contributed by atoms with van der Waals surface area (Å²) in [4.78, 5) is 11.8. The molecule has 0 bridgehead atoms. The Balaban J connectivity index is 1.80. The monoisotopic (exact) mass is 513 g/mol. The predicted octanol–water partition coefficient (Wildman–Crippen LogP) is 5.20. The number of halogens is 3. The lowest BCUT2D eigenvalue weighted by Crippen LogP contribution is -2.26. The predicted molar refractivity (Wildman–Crippen MR) is 110 cm³/mol. The number of allylic oxidation sites excluding steroid dienone is 1. The lowest BCUT2D eigenvalue weighted by atomic mass is 10.2. The highest BCUT2D eigenvalue weighted by atomic mass is 79.9. The number of anilines is 1. The van der Waals surface area contributed by atoms with Crippen molar-refractivity contribution in [2.75, 3.05) is 11.9 Å². The second-order valence-corrected chi connectivity index (χ2v) is 7.31. The largest absolute Gasteiger partial charge is 0.374 e. The fourth-order valence-electron chi connectivity index (χ4n) is 1.79. The molecule has 0 fully saturated rings. The van der Waals surface area contributed by atoms with Crippen LogP contribution in [0.2, 0.25) is 0 Å². The van der Waals surface area contributed by atoms with E-state index in [2.05, 4.69) is 63.6 Å². The number of nitrogens with one attached hydrogen (secondary N) is 2. The van der Waals surface area contributed by atoms with Gasteiger partial charge < -0.3 is 5.32 Å². The van der Waals surface area contributed by atoms with E-state index in [1.54, 1.807) is 6.08 Å². The maximum absolute atomic E-state index is 11.8. The third-order valence-electron chi connectivity index (χ3n) is 2.87. The van der Waals surface area contributed by atoms with Crippen molar-refractivity contribution in [2.45, 2.75) is 0 Å². The average molecular weight is 516 g/mol. The third-order valence-corrected chi connectivity index (χ3v) is 4.58. The Hall–Kier alpha value is -1.44. The molecule has 0 heterocycles. The van der Waals surface area contributed by atoms with Gasteiger partial charge in [-0.25, -0.2) is 5.43 Å². The molecule has 7 heteroatoms. The zero-order chi connectivity index (χ0) is 17.4. The number of hydrogen-bond acceptors (Lipinski definition) is 3. The van der Waals surface area contributed by atoms with Crippen molar-refractivity contribution in [3.8, 4) is 0 Å². The molecular formula is C17H14Br3N3O. The Bertz CT molecular complexity index is 738. The third kappa shape index (κ3) is 6.22. The molecule has 0 atom stereocenters. The van der Waals surface area contributed by atoms with Gasteiger partial charge in [-0.1, -0.05) is 52.3 Å². The summed E-state index contributed by atoms with van der Waals surface area (Å²) in [7, 11) is 0. The number of carbonyl (C=O) groups excluding carboxylic acids is 1. The highest BCUT2D eigenvalue weighted by molar-refractivity contribution is 9.11. The molecule has 0 spiro atoms. The Kier molecular flexibility index (Phi) is 7.68. The molecule has 0 saturated heterocycles. The van der Waals surface area contributed by atoms with Crippen LogP contribution in [-0.4, -0.2) is 18.7 Å². The summed E-state index contributed by atoms with van der Waals surface area (Å²) in [5, 5.41) is 6.93. The summed E-state index contributed by atoms with van der Waals surface area (Å²) in [6, 6.07) is 13.7. The van der Waals surface area contributed by atoms with E-state index in [-0.39, 0.29) is 12.5 Å². The minimum Gasteiger partial charge on any atom is -0.374 e. The maximum atomic E-state index is 11.8. The van der Waals surface area contributed by atoms with Gasteiger partial charge in [0.05, 0.1) is 12.2 Å². The number of hydrogen-bond donors (Lipinski definition) is 2. The SMILES string of the molecule is O=C(CNc1c(Br)cc(Br)cc1Br)N/N=C/C=C/c1ccccc1. The van der Waals surface area contributed by atoms with Gasteiger partial charge in [-0.3, -0.25) is 4.79 Å². The van der Waals surface area contributed by atoms with E-state index in [4.69, 9.17) is 0 Å². The summed E-state index contributed by atoms with van der Waals surface area (Å²) >= 11 is 10.3. The van der Waals surface area contributed by atoms with E-state index in [0.29, 0.717) is 0 Å². The van der Waals surface area contributed by atoms with Gasteiger partial charge >= 0.3 is 0 Å². The van der Waals surface area contributed by atoms with Crippen LogP contribution < -0.4 is 10.7 Å². The van der Waals surface area contributed by atoms with Crippen molar-refractivity contribution in [1.82, 2.24) is 5.43 Å². The fourth-order valence-corrected chi connectivity index (χ4v) is 4.33. The molecule has 24 heavy (non-hydrogen) atoms. The quantitative estimate of drug-likeness (QED) is 0.410. The van der Waals surface area contributed by atoms with Gasteiger partial charge in [0.1, 0.15) is 0 Å². The molecule has 0 aromatic heterocycles. The van der Waals surface area contributed by atoms with Gasteiger partial charge in [-0.2, -0.15) is 5.10 Å². The molecule has 4 nitrogen and oxygen atoms in total. The van der Waals surface area contributed by atoms with Crippen LogP contribution in [0, 0.1) is 0 Å². The Morgan fingerprint density at radius 2 is 1.75 bits per heavy atom. The molecule has 0 unspecified atom stereocenters. The van der Waals surface area contributed by atoms with Gasteiger partial charge in [0, 0.05) is 19.6 Å². The minimum absolute atomic E-state index is 0.110. The van der Waals surface area contributed by atoms with E-state index in [0.717, 1.165) is 24.7 Å². The average Bonchev–Trinajstić information content (AvgIpc) is 2.54. The second kappa shape index (κ2) is 9.76. The van der Waals surface area contributed by atoms with Crippen LogP contribution in [0.1, 0.15) is 5.56 Å². The number of nitrogens with zero attached hydrogens (tertiary/aromatic N) is 1. The van der Waals surface area contributed by atoms with Crippen LogP contribution in [0.5, 0.6) is 0 Å². The van der Waals surface area contributed by atoms with E-state index >= 15 is 0 Å². The first-order valence-corrected chi connectivity index (χ1v) is 9.36. The van der Waals surface area contributed by atoms with Crippen LogP contribution in [0.15, 0.2) is 67.1 Å². The summed E-state index contributed by atoms with van der Waals surface area (Å²) in [6.07, 6.45) is 5.21. The van der Waals surface area contributed by atoms with Crippen molar-refractivity contribution >= 4 is 71.7 Å². The highest BCUT2D eigenvalue weighted by Crippen LogP contribution is 2.34. The number of benzene rings is 2. The van der Waals surface area contributed by atoms with Gasteiger partial charge in [-0.05, 0) is 55.6 Å². The molecule has 1 amide bonds.